The smallest absolute Gasteiger partial charge is 0.250 e. The Morgan fingerprint density at radius 1 is 1.06 bits per heavy atom. The molecule has 166 valence electrons. The number of amides is 2. The average Bonchev–Trinajstić information content (AvgIpc) is 3.42. The summed E-state index contributed by atoms with van der Waals surface area (Å²) in [4.78, 5) is 28.0. The first-order valence-electron chi connectivity index (χ1n) is 10.1. The lowest BCUT2D eigenvalue weighted by Gasteiger charge is -2.15. The van der Waals surface area contributed by atoms with Crippen LogP contribution in [0.2, 0.25) is 0 Å². The van der Waals surface area contributed by atoms with Crippen LogP contribution in [0.15, 0.2) is 53.4 Å². The van der Waals surface area contributed by atoms with E-state index in [0.29, 0.717) is 34.1 Å². The van der Waals surface area contributed by atoms with E-state index in [0.717, 1.165) is 18.4 Å². The predicted octanol–water partition coefficient (Wildman–Crippen LogP) is 3.69. The van der Waals surface area contributed by atoms with Gasteiger partial charge in [0, 0.05) is 31.8 Å². The molecule has 0 atom stereocenters. The standard InChI is InChI=1S/C22H22N4O4S2/c1-15(27)23-17-7-4-16(5-8-17)6-11-21(28)25-22-24-19-10-9-18(14-20(19)31-22)32(29,30)26-12-2-3-13-26/h4-11,14H,2-3,12-13H2,1H3,(H,23,27)(H,24,25,28)/b11-6+. The van der Waals surface area contributed by atoms with Gasteiger partial charge in [0.1, 0.15) is 0 Å². The molecule has 0 saturated carbocycles. The number of carbonyl (C=O) groups is 2. The van der Waals surface area contributed by atoms with Crippen LogP contribution in [0.3, 0.4) is 0 Å². The van der Waals surface area contributed by atoms with Crippen LogP contribution in [0.1, 0.15) is 25.3 Å². The highest BCUT2D eigenvalue weighted by atomic mass is 32.2. The molecule has 1 aliphatic heterocycles. The van der Waals surface area contributed by atoms with Gasteiger partial charge in [-0.1, -0.05) is 23.5 Å². The minimum absolute atomic E-state index is 0.149. The monoisotopic (exact) mass is 470 g/mol. The van der Waals surface area contributed by atoms with Crippen LogP contribution in [-0.4, -0.2) is 42.6 Å². The second-order valence-corrected chi connectivity index (χ2v) is 10.4. The maximum Gasteiger partial charge on any atom is 0.250 e. The number of hydrogen-bond acceptors (Lipinski definition) is 6. The lowest BCUT2D eigenvalue weighted by atomic mass is 10.2. The number of sulfonamides is 1. The molecular weight excluding hydrogens is 448 g/mol. The van der Waals surface area contributed by atoms with Crippen molar-refractivity contribution < 1.29 is 18.0 Å². The summed E-state index contributed by atoms with van der Waals surface area (Å²) < 4.78 is 27.7. The van der Waals surface area contributed by atoms with Gasteiger partial charge in [0.25, 0.3) is 0 Å². The van der Waals surface area contributed by atoms with Crippen molar-refractivity contribution in [2.75, 3.05) is 23.7 Å². The van der Waals surface area contributed by atoms with Gasteiger partial charge in [-0.2, -0.15) is 4.31 Å². The van der Waals surface area contributed by atoms with Crippen molar-refractivity contribution in [1.29, 1.82) is 0 Å². The molecule has 1 fully saturated rings. The first kappa shape index (κ1) is 22.1. The minimum atomic E-state index is -3.50. The van der Waals surface area contributed by atoms with E-state index in [1.165, 1.54) is 28.6 Å². The highest BCUT2D eigenvalue weighted by Crippen LogP contribution is 2.30. The summed E-state index contributed by atoms with van der Waals surface area (Å²) in [6.45, 7) is 2.53. The van der Waals surface area contributed by atoms with Crippen molar-refractivity contribution in [2.45, 2.75) is 24.7 Å². The van der Waals surface area contributed by atoms with Gasteiger partial charge in [0.2, 0.25) is 21.8 Å². The summed E-state index contributed by atoms with van der Waals surface area (Å²) in [6, 6.07) is 11.9. The molecule has 4 rings (SSSR count). The van der Waals surface area contributed by atoms with E-state index in [-0.39, 0.29) is 16.7 Å². The molecule has 32 heavy (non-hydrogen) atoms. The first-order valence-corrected chi connectivity index (χ1v) is 12.3. The highest BCUT2D eigenvalue weighted by molar-refractivity contribution is 7.89. The predicted molar refractivity (Wildman–Crippen MR) is 126 cm³/mol. The third kappa shape index (κ3) is 5.04. The number of fused-ring (bicyclic) bond motifs is 1. The van der Waals surface area contributed by atoms with Crippen LogP contribution < -0.4 is 10.6 Å². The fourth-order valence-electron chi connectivity index (χ4n) is 3.40. The maximum absolute atomic E-state index is 12.8. The van der Waals surface area contributed by atoms with Gasteiger partial charge < -0.3 is 5.32 Å². The molecule has 0 radical (unpaired) electrons. The van der Waals surface area contributed by atoms with Crippen LogP contribution >= 0.6 is 11.3 Å². The fourth-order valence-corrected chi connectivity index (χ4v) is 5.92. The second kappa shape index (κ2) is 9.19. The van der Waals surface area contributed by atoms with Crippen molar-refractivity contribution in [2.24, 2.45) is 0 Å². The Hall–Kier alpha value is -3.08. The molecule has 8 nitrogen and oxygen atoms in total. The van der Waals surface area contributed by atoms with Gasteiger partial charge in [-0.3, -0.25) is 14.9 Å². The Kier molecular flexibility index (Phi) is 6.35. The van der Waals surface area contributed by atoms with E-state index in [2.05, 4.69) is 15.6 Å². The summed E-state index contributed by atoms with van der Waals surface area (Å²) in [5, 5.41) is 5.79. The number of thiazole rings is 1. The van der Waals surface area contributed by atoms with Crippen LogP contribution in [0.5, 0.6) is 0 Å². The molecule has 3 aromatic rings. The largest absolute Gasteiger partial charge is 0.326 e. The zero-order valence-corrected chi connectivity index (χ0v) is 19.0. The Labute approximate surface area is 190 Å². The van der Waals surface area contributed by atoms with E-state index >= 15 is 0 Å². The summed E-state index contributed by atoms with van der Waals surface area (Å²) in [7, 11) is -3.50. The molecule has 2 N–H and O–H groups in total. The molecule has 1 aliphatic rings. The zero-order valence-electron chi connectivity index (χ0n) is 17.4. The van der Waals surface area contributed by atoms with Crippen molar-refractivity contribution >= 4 is 60.3 Å². The van der Waals surface area contributed by atoms with E-state index in [1.54, 1.807) is 48.5 Å². The Bertz CT molecular complexity index is 1290. The molecule has 1 aromatic heterocycles. The lowest BCUT2D eigenvalue weighted by Crippen LogP contribution is -2.27. The molecular formula is C22H22N4O4S2. The van der Waals surface area contributed by atoms with Crippen LogP contribution in [0.25, 0.3) is 16.3 Å². The molecule has 1 saturated heterocycles. The molecule has 2 aromatic carbocycles. The van der Waals surface area contributed by atoms with Gasteiger partial charge in [-0.15, -0.1) is 0 Å². The molecule has 2 amide bonds. The molecule has 0 aliphatic carbocycles. The van der Waals surface area contributed by atoms with Crippen LogP contribution in [0.4, 0.5) is 10.8 Å². The highest BCUT2D eigenvalue weighted by Gasteiger charge is 2.27. The minimum Gasteiger partial charge on any atom is -0.326 e. The summed E-state index contributed by atoms with van der Waals surface area (Å²) >= 11 is 1.23. The normalized spacial score (nSPS) is 14.8. The Balaban J connectivity index is 1.44. The van der Waals surface area contributed by atoms with Crippen molar-refractivity contribution in [3.8, 4) is 0 Å². The average molecular weight is 471 g/mol. The van der Waals surface area contributed by atoms with Crippen LogP contribution in [-0.2, 0) is 19.6 Å². The maximum atomic E-state index is 12.8. The zero-order chi connectivity index (χ0) is 22.7. The summed E-state index contributed by atoms with van der Waals surface area (Å²) in [6.07, 6.45) is 4.81. The number of benzene rings is 2. The van der Waals surface area contributed by atoms with Gasteiger partial charge >= 0.3 is 0 Å². The topological polar surface area (TPSA) is 108 Å². The number of nitrogens with one attached hydrogen (secondary N) is 2. The van der Waals surface area contributed by atoms with Gasteiger partial charge in [0.05, 0.1) is 15.1 Å². The van der Waals surface area contributed by atoms with Gasteiger partial charge in [0.15, 0.2) is 5.13 Å². The van der Waals surface area contributed by atoms with Gasteiger partial charge in [-0.05, 0) is 54.8 Å². The van der Waals surface area contributed by atoms with Crippen molar-refractivity contribution in [3.05, 3.63) is 54.1 Å². The molecule has 0 spiro atoms. The molecule has 10 heteroatoms. The number of anilines is 2. The fraction of sp³-hybridized carbons (Fsp3) is 0.227. The Morgan fingerprint density at radius 3 is 2.47 bits per heavy atom. The SMILES string of the molecule is CC(=O)Nc1ccc(/C=C/C(=O)Nc2nc3ccc(S(=O)(=O)N4CCCC4)cc3s2)cc1. The number of nitrogens with zero attached hydrogens (tertiary/aromatic N) is 2. The number of hydrogen-bond donors (Lipinski definition) is 2. The van der Waals surface area contributed by atoms with E-state index in [9.17, 15) is 18.0 Å². The quantitative estimate of drug-likeness (QED) is 0.534. The van der Waals surface area contributed by atoms with E-state index in [4.69, 9.17) is 0 Å². The Morgan fingerprint density at radius 2 is 1.78 bits per heavy atom. The number of rotatable bonds is 6. The van der Waals surface area contributed by atoms with Crippen molar-refractivity contribution in [1.82, 2.24) is 9.29 Å². The van der Waals surface area contributed by atoms with Crippen LogP contribution in [0, 0.1) is 0 Å². The molecule has 2 heterocycles. The molecule has 0 bridgehead atoms. The first-order chi connectivity index (χ1) is 15.3. The third-order valence-corrected chi connectivity index (χ3v) is 7.78. The van der Waals surface area contributed by atoms with Crippen molar-refractivity contribution in [3.63, 3.8) is 0 Å². The van der Waals surface area contributed by atoms with E-state index < -0.39 is 10.0 Å². The van der Waals surface area contributed by atoms with Gasteiger partial charge in [-0.25, -0.2) is 13.4 Å². The number of carbonyl (C=O) groups excluding carboxylic acids is 2. The summed E-state index contributed by atoms with van der Waals surface area (Å²) in [5.74, 6) is -0.496. The van der Waals surface area contributed by atoms with E-state index in [1.807, 2.05) is 0 Å². The number of aromatic nitrogens is 1. The second-order valence-electron chi connectivity index (χ2n) is 7.39. The summed E-state index contributed by atoms with van der Waals surface area (Å²) in [5.41, 5.74) is 2.11. The molecule has 0 unspecified atom stereocenters. The lowest BCUT2D eigenvalue weighted by molar-refractivity contribution is -0.114. The third-order valence-electron chi connectivity index (χ3n) is 4.95.